The molecule has 9 nitrogen and oxygen atoms in total. The zero-order valence-corrected chi connectivity index (χ0v) is 20.9. The maximum Gasteiger partial charge on any atom is 0.325 e. The Hall–Kier alpha value is -4.14. The van der Waals surface area contributed by atoms with Gasteiger partial charge in [-0.25, -0.2) is 0 Å². The van der Waals surface area contributed by atoms with Crippen molar-refractivity contribution in [3.63, 3.8) is 0 Å². The molecule has 0 saturated heterocycles. The van der Waals surface area contributed by atoms with Gasteiger partial charge in [0.15, 0.2) is 0 Å². The summed E-state index contributed by atoms with van der Waals surface area (Å²) in [6, 6.07) is 11.9. The van der Waals surface area contributed by atoms with E-state index in [-0.39, 0.29) is 11.8 Å². The van der Waals surface area contributed by atoms with Gasteiger partial charge in [-0.3, -0.25) is 19.2 Å². The summed E-state index contributed by atoms with van der Waals surface area (Å²) in [6.45, 7) is 5.21. The number of hydrogen-bond acceptors (Lipinski definition) is 4. The van der Waals surface area contributed by atoms with Crippen molar-refractivity contribution < 1.29 is 24.3 Å². The van der Waals surface area contributed by atoms with Crippen LogP contribution < -0.4 is 10.6 Å². The number of amides is 3. The molecule has 0 unspecified atom stereocenters. The van der Waals surface area contributed by atoms with Gasteiger partial charge in [-0.15, -0.1) is 0 Å². The molecule has 0 saturated carbocycles. The summed E-state index contributed by atoms with van der Waals surface area (Å²) in [4.78, 5) is 56.7. The number of nitrogens with zero attached hydrogens (tertiary/aromatic N) is 1. The normalized spacial score (nSPS) is 19.7. The number of aromatic amines is 1. The molecule has 2 aliphatic rings. The van der Waals surface area contributed by atoms with E-state index in [9.17, 15) is 24.3 Å². The topological polar surface area (TPSA) is 132 Å². The lowest BCUT2D eigenvalue weighted by molar-refractivity contribution is -0.141. The highest BCUT2D eigenvalue weighted by Gasteiger charge is 2.49. The smallest absolute Gasteiger partial charge is 0.325 e. The van der Waals surface area contributed by atoms with E-state index >= 15 is 0 Å². The molecule has 192 valence electrons. The van der Waals surface area contributed by atoms with Crippen LogP contribution in [0.3, 0.4) is 0 Å². The number of hydrogen-bond donors (Lipinski definition) is 4. The highest BCUT2D eigenvalue weighted by atomic mass is 16.4. The number of rotatable bonds is 7. The quantitative estimate of drug-likeness (QED) is 0.395. The van der Waals surface area contributed by atoms with Crippen LogP contribution >= 0.6 is 0 Å². The fourth-order valence-corrected chi connectivity index (χ4v) is 5.48. The first-order valence-electron chi connectivity index (χ1n) is 12.5. The average molecular weight is 503 g/mol. The highest BCUT2D eigenvalue weighted by Crippen LogP contribution is 2.46. The summed E-state index contributed by atoms with van der Waals surface area (Å²) in [6.07, 6.45) is 0.621. The van der Waals surface area contributed by atoms with Gasteiger partial charge in [0.2, 0.25) is 11.8 Å². The summed E-state index contributed by atoms with van der Waals surface area (Å²) in [5.74, 6) is -2.33. The number of para-hydroxylation sites is 1. The molecule has 4 atom stereocenters. The minimum Gasteiger partial charge on any atom is -0.480 e. The van der Waals surface area contributed by atoms with E-state index in [1.54, 1.807) is 11.0 Å². The zero-order valence-electron chi connectivity index (χ0n) is 20.9. The van der Waals surface area contributed by atoms with Crippen LogP contribution in [0.25, 0.3) is 10.9 Å². The summed E-state index contributed by atoms with van der Waals surface area (Å²) in [7, 11) is 0. The van der Waals surface area contributed by atoms with E-state index in [4.69, 9.17) is 0 Å². The number of carboxylic acid groups (broad SMARTS) is 1. The lowest BCUT2D eigenvalue weighted by Crippen LogP contribution is -2.57. The molecular weight excluding hydrogens is 472 g/mol. The first kappa shape index (κ1) is 24.5. The molecule has 0 radical (unpaired) electrons. The van der Waals surface area contributed by atoms with Crippen LogP contribution in [0.15, 0.2) is 48.5 Å². The lowest BCUT2D eigenvalue weighted by atomic mass is 9.89. The van der Waals surface area contributed by atoms with E-state index in [0.29, 0.717) is 18.4 Å². The SMILES string of the molecule is CC(C)C[C@H](NC(=O)[C@@H]1Cc2c([nH]c3ccccc23)[C@H]2c3ccccc3C(=O)N21)C(=O)N[C@@H](C)C(=O)O. The number of carbonyl (C=O) groups is 4. The molecule has 9 heteroatoms. The van der Waals surface area contributed by atoms with E-state index in [2.05, 4.69) is 15.6 Å². The van der Waals surface area contributed by atoms with Gasteiger partial charge < -0.3 is 25.6 Å². The van der Waals surface area contributed by atoms with E-state index in [0.717, 1.165) is 27.7 Å². The molecule has 2 aliphatic heterocycles. The van der Waals surface area contributed by atoms with E-state index < -0.39 is 42.0 Å². The van der Waals surface area contributed by atoms with Crippen molar-refractivity contribution in [2.75, 3.05) is 0 Å². The van der Waals surface area contributed by atoms with Gasteiger partial charge >= 0.3 is 5.97 Å². The van der Waals surface area contributed by atoms with Crippen LogP contribution in [0, 0.1) is 5.92 Å². The number of carboxylic acids is 1. The van der Waals surface area contributed by atoms with E-state index in [1.165, 1.54) is 6.92 Å². The molecule has 5 rings (SSSR count). The summed E-state index contributed by atoms with van der Waals surface area (Å²) in [5, 5.41) is 15.5. The predicted octanol–water partition coefficient (Wildman–Crippen LogP) is 2.76. The fraction of sp³-hybridized carbons (Fsp3) is 0.357. The molecule has 3 amide bonds. The zero-order chi connectivity index (χ0) is 26.4. The van der Waals surface area contributed by atoms with Crippen molar-refractivity contribution in [1.82, 2.24) is 20.5 Å². The maximum atomic E-state index is 13.8. The fourth-order valence-electron chi connectivity index (χ4n) is 5.48. The number of H-pyrrole nitrogens is 1. The highest BCUT2D eigenvalue weighted by molar-refractivity contribution is 6.04. The number of aromatic nitrogens is 1. The van der Waals surface area contributed by atoms with Gasteiger partial charge in [-0.1, -0.05) is 50.2 Å². The minimum atomic E-state index is -1.16. The second kappa shape index (κ2) is 9.38. The predicted molar refractivity (Wildman–Crippen MR) is 137 cm³/mol. The number of benzene rings is 2. The van der Waals surface area contributed by atoms with E-state index in [1.807, 2.05) is 56.3 Å². The minimum absolute atomic E-state index is 0.0631. The Morgan fingerprint density at radius 3 is 2.49 bits per heavy atom. The largest absolute Gasteiger partial charge is 0.480 e. The van der Waals surface area contributed by atoms with Crippen LogP contribution in [-0.2, 0) is 20.8 Å². The van der Waals surface area contributed by atoms with Gasteiger partial charge in [0, 0.05) is 28.6 Å². The molecular formula is C28H30N4O5. The summed E-state index contributed by atoms with van der Waals surface area (Å²) >= 11 is 0. The van der Waals surface area contributed by atoms with Gasteiger partial charge in [-0.05, 0) is 42.5 Å². The van der Waals surface area contributed by atoms with Gasteiger partial charge in [0.1, 0.15) is 18.1 Å². The molecule has 0 fully saturated rings. The number of carbonyl (C=O) groups excluding carboxylic acids is 3. The van der Waals surface area contributed by atoms with Crippen molar-refractivity contribution in [2.45, 2.75) is 57.8 Å². The Balaban J connectivity index is 1.52. The third-order valence-electron chi connectivity index (χ3n) is 7.22. The first-order chi connectivity index (χ1) is 17.7. The standard InChI is InChI=1S/C28H30N4O5/c1-14(2)12-21(25(33)29-15(3)28(36)37)31-26(34)22-13-19-16-8-6-7-11-20(16)30-23(19)24-17-9-4-5-10-18(17)27(35)32(22)24/h4-11,14-15,21-22,24,30H,12-13H2,1-3H3,(H,29,33)(H,31,34)(H,36,37)/t15-,21-,22-,24+/m0/s1. The van der Waals surface area contributed by atoms with Crippen molar-refractivity contribution in [3.8, 4) is 0 Å². The number of fused-ring (bicyclic) bond motifs is 7. The van der Waals surface area contributed by atoms with Crippen molar-refractivity contribution in [2.24, 2.45) is 5.92 Å². The van der Waals surface area contributed by atoms with Crippen LogP contribution in [0.4, 0.5) is 0 Å². The number of aliphatic carboxylic acids is 1. The molecule has 1 aromatic heterocycles. The molecule has 0 spiro atoms. The molecule has 3 aromatic rings. The molecule has 0 bridgehead atoms. The Kier molecular flexibility index (Phi) is 6.23. The summed E-state index contributed by atoms with van der Waals surface area (Å²) in [5.41, 5.74) is 4.21. The van der Waals surface area contributed by atoms with Crippen molar-refractivity contribution in [1.29, 1.82) is 0 Å². The van der Waals surface area contributed by atoms with Crippen molar-refractivity contribution in [3.05, 3.63) is 70.9 Å². The molecule has 37 heavy (non-hydrogen) atoms. The first-order valence-corrected chi connectivity index (χ1v) is 12.5. The molecule has 2 aromatic carbocycles. The third kappa shape index (κ3) is 4.24. The Labute approximate surface area is 214 Å². The monoisotopic (exact) mass is 502 g/mol. The maximum absolute atomic E-state index is 13.8. The van der Waals surface area contributed by atoms with Gasteiger partial charge in [0.05, 0.1) is 6.04 Å². The Morgan fingerprint density at radius 2 is 1.76 bits per heavy atom. The molecule has 0 aliphatic carbocycles. The van der Waals surface area contributed by atoms with Crippen LogP contribution in [-0.4, -0.2) is 56.8 Å². The van der Waals surface area contributed by atoms with Crippen LogP contribution in [0.5, 0.6) is 0 Å². The number of nitrogens with one attached hydrogen (secondary N) is 3. The van der Waals surface area contributed by atoms with Gasteiger partial charge in [0.25, 0.3) is 5.91 Å². The average Bonchev–Trinajstić information content (AvgIpc) is 3.38. The molecule has 4 N–H and O–H groups in total. The second-order valence-electron chi connectivity index (χ2n) is 10.2. The van der Waals surface area contributed by atoms with Crippen molar-refractivity contribution >= 4 is 34.6 Å². The van der Waals surface area contributed by atoms with Crippen LogP contribution in [0.2, 0.25) is 0 Å². The molecule has 3 heterocycles. The second-order valence-corrected chi connectivity index (χ2v) is 10.2. The van der Waals surface area contributed by atoms with Gasteiger partial charge in [-0.2, -0.15) is 0 Å². The van der Waals surface area contributed by atoms with Crippen LogP contribution in [0.1, 0.15) is 60.4 Å². The third-order valence-corrected chi connectivity index (χ3v) is 7.22. The summed E-state index contributed by atoms with van der Waals surface area (Å²) < 4.78 is 0. The Morgan fingerprint density at radius 1 is 1.05 bits per heavy atom. The Bertz CT molecular complexity index is 1410. The lowest BCUT2D eigenvalue weighted by Gasteiger charge is -2.38.